The van der Waals surface area contributed by atoms with Gasteiger partial charge in [0.05, 0.1) is 5.69 Å². The van der Waals surface area contributed by atoms with Gasteiger partial charge in [-0.1, -0.05) is 6.07 Å². The number of aryl methyl sites for hydroxylation is 1. The first-order chi connectivity index (χ1) is 7.80. The van der Waals surface area contributed by atoms with Crippen LogP contribution in [-0.2, 0) is 10.2 Å². The third-order valence-electron chi connectivity index (χ3n) is 2.58. The number of hydrogen-bond donors (Lipinski definition) is 1. The van der Waals surface area contributed by atoms with Crippen molar-refractivity contribution in [3.8, 4) is 0 Å². The van der Waals surface area contributed by atoms with Crippen molar-refractivity contribution in [1.29, 1.82) is 0 Å². The number of nitrogens with zero attached hydrogens (tertiary/aromatic N) is 2. The first-order valence-electron chi connectivity index (χ1n) is 5.37. The number of rotatable bonds is 4. The van der Waals surface area contributed by atoms with Crippen LogP contribution in [0.3, 0.4) is 0 Å². The van der Waals surface area contributed by atoms with Crippen LogP contribution in [0.5, 0.6) is 0 Å². The summed E-state index contributed by atoms with van der Waals surface area (Å²) in [5, 5.41) is 0. The Morgan fingerprint density at radius 1 is 1.29 bits per heavy atom. The lowest BCUT2D eigenvalue weighted by atomic mass is 10.2. The van der Waals surface area contributed by atoms with Gasteiger partial charge in [-0.3, -0.25) is 4.31 Å². The van der Waals surface area contributed by atoms with Crippen LogP contribution >= 0.6 is 0 Å². The van der Waals surface area contributed by atoms with Gasteiger partial charge in [-0.25, -0.2) is 0 Å². The van der Waals surface area contributed by atoms with E-state index >= 15 is 0 Å². The Morgan fingerprint density at radius 3 is 2.29 bits per heavy atom. The van der Waals surface area contributed by atoms with Crippen LogP contribution in [0.4, 0.5) is 11.4 Å². The molecule has 2 N–H and O–H groups in total. The minimum Gasteiger partial charge on any atom is -0.398 e. The maximum Gasteiger partial charge on any atom is 0.303 e. The van der Waals surface area contributed by atoms with E-state index in [9.17, 15) is 8.42 Å². The fraction of sp³-hybridized carbons (Fsp3) is 0.455. The molecule has 0 heterocycles. The Kier molecular flexibility index (Phi) is 4.00. The van der Waals surface area contributed by atoms with Gasteiger partial charge in [-0.15, -0.1) is 0 Å². The molecule has 5 nitrogen and oxygen atoms in total. The Hall–Kier alpha value is -1.27. The van der Waals surface area contributed by atoms with Crippen molar-refractivity contribution in [3.63, 3.8) is 0 Å². The molecule has 0 aliphatic heterocycles. The minimum atomic E-state index is -3.46. The molecule has 0 saturated heterocycles. The van der Waals surface area contributed by atoms with E-state index in [2.05, 4.69) is 0 Å². The minimum absolute atomic E-state index is 0.364. The molecule has 1 aromatic carbocycles. The van der Waals surface area contributed by atoms with E-state index in [1.807, 2.05) is 13.0 Å². The zero-order valence-electron chi connectivity index (χ0n) is 10.6. The predicted octanol–water partition coefficient (Wildman–Crippen LogP) is 1.21. The topological polar surface area (TPSA) is 66.6 Å². The summed E-state index contributed by atoms with van der Waals surface area (Å²) in [7, 11) is -0.442. The summed E-state index contributed by atoms with van der Waals surface area (Å²) in [6.07, 6.45) is 0. The molecule has 0 bridgehead atoms. The number of nitrogens with two attached hydrogens (primary N) is 1. The summed E-state index contributed by atoms with van der Waals surface area (Å²) in [6, 6.07) is 5.26. The smallest absolute Gasteiger partial charge is 0.303 e. The molecule has 1 aromatic rings. The SMILES string of the molecule is CCN(c1ccc(C)c(N)c1)S(=O)(=O)N(C)C. The van der Waals surface area contributed by atoms with Gasteiger partial charge in [0, 0.05) is 26.3 Å². The molecular formula is C11H19N3O2S. The molecule has 0 aliphatic carbocycles. The highest BCUT2D eigenvalue weighted by Gasteiger charge is 2.23. The fourth-order valence-corrected chi connectivity index (χ4v) is 2.56. The van der Waals surface area contributed by atoms with Gasteiger partial charge in [0.15, 0.2) is 0 Å². The molecule has 0 aromatic heterocycles. The normalized spacial score (nSPS) is 11.8. The largest absolute Gasteiger partial charge is 0.398 e. The fourth-order valence-electron chi connectivity index (χ4n) is 1.46. The van der Waals surface area contributed by atoms with E-state index in [4.69, 9.17) is 5.73 Å². The Labute approximate surface area is 103 Å². The zero-order chi connectivity index (χ0) is 13.2. The highest BCUT2D eigenvalue weighted by atomic mass is 32.2. The van der Waals surface area contributed by atoms with Crippen LogP contribution in [0.2, 0.25) is 0 Å². The first kappa shape index (κ1) is 13.8. The van der Waals surface area contributed by atoms with Crippen LogP contribution < -0.4 is 10.0 Å². The summed E-state index contributed by atoms with van der Waals surface area (Å²) in [5.41, 5.74) is 7.91. The Balaban J connectivity index is 3.24. The molecule has 0 spiro atoms. The van der Waals surface area contributed by atoms with Crippen molar-refractivity contribution in [2.75, 3.05) is 30.7 Å². The van der Waals surface area contributed by atoms with E-state index in [1.165, 1.54) is 22.7 Å². The van der Waals surface area contributed by atoms with Gasteiger partial charge in [0.25, 0.3) is 0 Å². The van der Waals surface area contributed by atoms with Crippen LogP contribution in [-0.4, -0.2) is 33.4 Å². The molecule has 17 heavy (non-hydrogen) atoms. The van der Waals surface area contributed by atoms with Crippen LogP contribution in [0.15, 0.2) is 18.2 Å². The van der Waals surface area contributed by atoms with E-state index in [-0.39, 0.29) is 0 Å². The Morgan fingerprint density at radius 2 is 1.88 bits per heavy atom. The molecule has 0 radical (unpaired) electrons. The molecule has 0 saturated carbocycles. The molecule has 0 unspecified atom stereocenters. The monoisotopic (exact) mass is 257 g/mol. The van der Waals surface area contributed by atoms with Crippen molar-refractivity contribution in [2.24, 2.45) is 0 Å². The number of anilines is 2. The third-order valence-corrected chi connectivity index (χ3v) is 4.53. The Bertz CT molecular complexity index is 497. The lowest BCUT2D eigenvalue weighted by molar-refractivity contribution is 0.516. The predicted molar refractivity (Wildman–Crippen MR) is 71.2 cm³/mol. The lowest BCUT2D eigenvalue weighted by Gasteiger charge is -2.26. The first-order valence-corrected chi connectivity index (χ1v) is 6.76. The van der Waals surface area contributed by atoms with Gasteiger partial charge < -0.3 is 5.73 Å². The summed E-state index contributed by atoms with van der Waals surface area (Å²) >= 11 is 0. The van der Waals surface area contributed by atoms with Crippen molar-refractivity contribution in [1.82, 2.24) is 4.31 Å². The number of benzene rings is 1. The average Bonchev–Trinajstić information content (AvgIpc) is 2.23. The quantitative estimate of drug-likeness (QED) is 0.824. The van der Waals surface area contributed by atoms with Crippen molar-refractivity contribution < 1.29 is 8.42 Å². The van der Waals surface area contributed by atoms with Gasteiger partial charge >= 0.3 is 10.2 Å². The van der Waals surface area contributed by atoms with Crippen molar-refractivity contribution in [2.45, 2.75) is 13.8 Å². The van der Waals surface area contributed by atoms with Crippen LogP contribution in [0.25, 0.3) is 0 Å². The maximum absolute atomic E-state index is 12.1. The molecule has 0 atom stereocenters. The maximum atomic E-state index is 12.1. The summed E-state index contributed by atoms with van der Waals surface area (Å²) < 4.78 is 26.6. The molecule has 0 fully saturated rings. The van der Waals surface area contributed by atoms with Crippen LogP contribution in [0, 0.1) is 6.92 Å². The highest BCUT2D eigenvalue weighted by molar-refractivity contribution is 7.90. The number of nitrogen functional groups attached to an aromatic ring is 1. The van der Waals surface area contributed by atoms with E-state index in [1.54, 1.807) is 19.1 Å². The average molecular weight is 257 g/mol. The summed E-state index contributed by atoms with van der Waals surface area (Å²) in [4.78, 5) is 0. The second-order valence-electron chi connectivity index (χ2n) is 4.00. The van der Waals surface area contributed by atoms with Gasteiger partial charge in [0.2, 0.25) is 0 Å². The highest BCUT2D eigenvalue weighted by Crippen LogP contribution is 2.23. The van der Waals surface area contributed by atoms with E-state index in [0.717, 1.165) is 5.56 Å². The van der Waals surface area contributed by atoms with E-state index < -0.39 is 10.2 Å². The lowest BCUT2D eigenvalue weighted by Crippen LogP contribution is -2.40. The summed E-state index contributed by atoms with van der Waals surface area (Å²) in [5.74, 6) is 0. The molecule has 0 aliphatic rings. The molecule has 1 rings (SSSR count). The second-order valence-corrected chi connectivity index (χ2v) is 6.06. The molecule has 96 valence electrons. The van der Waals surface area contributed by atoms with Gasteiger partial charge in [0.1, 0.15) is 0 Å². The van der Waals surface area contributed by atoms with E-state index in [0.29, 0.717) is 17.9 Å². The van der Waals surface area contributed by atoms with Crippen LogP contribution in [0.1, 0.15) is 12.5 Å². The number of hydrogen-bond acceptors (Lipinski definition) is 3. The third kappa shape index (κ3) is 2.70. The molecule has 0 amide bonds. The standard InChI is InChI=1S/C11H19N3O2S/c1-5-14(17(15,16)13(3)4)10-7-6-9(2)11(12)8-10/h6-8H,5,12H2,1-4H3. The van der Waals surface area contributed by atoms with Gasteiger partial charge in [-0.2, -0.15) is 12.7 Å². The summed E-state index contributed by atoms with van der Waals surface area (Å²) in [6.45, 7) is 4.04. The van der Waals surface area contributed by atoms with Crippen molar-refractivity contribution >= 4 is 21.6 Å². The molecule has 6 heteroatoms. The van der Waals surface area contributed by atoms with Crippen molar-refractivity contribution in [3.05, 3.63) is 23.8 Å². The van der Waals surface area contributed by atoms with Gasteiger partial charge in [-0.05, 0) is 31.5 Å². The second kappa shape index (κ2) is 4.93. The molecular weight excluding hydrogens is 238 g/mol. The zero-order valence-corrected chi connectivity index (χ0v) is 11.5.